The minimum Gasteiger partial charge on any atom is -0.361 e. The van der Waals surface area contributed by atoms with E-state index in [9.17, 15) is 18.0 Å². The van der Waals surface area contributed by atoms with E-state index in [2.05, 4.69) is 5.32 Å². The average molecular weight is 306 g/mol. The normalized spacial score (nSPS) is 17.9. The summed E-state index contributed by atoms with van der Waals surface area (Å²) >= 11 is 0. The third-order valence-electron chi connectivity index (χ3n) is 3.49. The summed E-state index contributed by atoms with van der Waals surface area (Å²) < 4.78 is 38.6. The maximum absolute atomic E-state index is 12.9. The van der Waals surface area contributed by atoms with E-state index in [-0.39, 0.29) is 5.56 Å². The first-order chi connectivity index (χ1) is 10.5. The number of nitrogens with one attached hydrogen (secondary N) is 1. The van der Waals surface area contributed by atoms with Crippen LogP contribution in [0.2, 0.25) is 0 Å². The molecule has 0 radical (unpaired) electrons. The molecular formula is C16H13F3N2O. The lowest BCUT2D eigenvalue weighted by atomic mass is 10.0. The first-order valence-electron chi connectivity index (χ1n) is 6.74. The second-order valence-electron chi connectivity index (χ2n) is 5.05. The summed E-state index contributed by atoms with van der Waals surface area (Å²) in [4.78, 5) is 13.3. The Morgan fingerprint density at radius 1 is 1.00 bits per heavy atom. The van der Waals surface area contributed by atoms with Gasteiger partial charge in [0.05, 0.1) is 5.56 Å². The second-order valence-corrected chi connectivity index (χ2v) is 5.05. The number of para-hydroxylation sites is 1. The van der Waals surface area contributed by atoms with Crippen LogP contribution in [0.1, 0.15) is 22.1 Å². The molecule has 0 aromatic heterocycles. The zero-order valence-corrected chi connectivity index (χ0v) is 11.5. The third kappa shape index (κ3) is 2.77. The van der Waals surface area contributed by atoms with Gasteiger partial charge >= 0.3 is 6.18 Å². The molecule has 6 heteroatoms. The topological polar surface area (TPSA) is 32.3 Å². The van der Waals surface area contributed by atoms with Crippen LogP contribution in [0.3, 0.4) is 0 Å². The number of alkyl halides is 3. The van der Waals surface area contributed by atoms with Gasteiger partial charge in [-0.3, -0.25) is 4.79 Å². The molecule has 1 aliphatic rings. The molecule has 0 saturated carbocycles. The maximum Gasteiger partial charge on any atom is 0.406 e. The van der Waals surface area contributed by atoms with Gasteiger partial charge in [-0.2, -0.15) is 13.2 Å². The Labute approximate surface area is 125 Å². The predicted octanol–water partition coefficient (Wildman–Crippen LogP) is 3.82. The number of hydrogen-bond acceptors (Lipinski definition) is 2. The van der Waals surface area contributed by atoms with E-state index in [0.29, 0.717) is 11.3 Å². The van der Waals surface area contributed by atoms with E-state index in [1.807, 2.05) is 0 Å². The number of carbonyl (C=O) groups is 1. The van der Waals surface area contributed by atoms with Crippen LogP contribution in [-0.2, 0) is 0 Å². The van der Waals surface area contributed by atoms with E-state index in [1.165, 1.54) is 6.07 Å². The minimum absolute atomic E-state index is 0.249. The lowest BCUT2D eigenvalue weighted by Crippen LogP contribution is -2.47. The number of benzene rings is 2. The molecule has 1 heterocycles. The van der Waals surface area contributed by atoms with Gasteiger partial charge in [-0.05, 0) is 17.7 Å². The van der Waals surface area contributed by atoms with Gasteiger partial charge in [0.25, 0.3) is 5.91 Å². The lowest BCUT2D eigenvalue weighted by Gasteiger charge is -2.38. The molecule has 0 fully saturated rings. The predicted molar refractivity (Wildman–Crippen MR) is 76.3 cm³/mol. The summed E-state index contributed by atoms with van der Waals surface area (Å²) in [5.74, 6) is -0.625. The molecule has 0 aliphatic carbocycles. The fraction of sp³-hybridized carbons (Fsp3) is 0.188. The van der Waals surface area contributed by atoms with Crippen LogP contribution in [0.5, 0.6) is 0 Å². The molecule has 2 aromatic rings. The number of halogens is 3. The molecule has 0 saturated heterocycles. The molecule has 1 N–H and O–H groups in total. The molecule has 22 heavy (non-hydrogen) atoms. The van der Waals surface area contributed by atoms with Crippen molar-refractivity contribution in [2.24, 2.45) is 0 Å². The zero-order chi connectivity index (χ0) is 15.7. The van der Waals surface area contributed by atoms with Gasteiger partial charge in [0.15, 0.2) is 0 Å². The van der Waals surface area contributed by atoms with Crippen LogP contribution < -0.4 is 5.32 Å². The van der Waals surface area contributed by atoms with Crippen molar-refractivity contribution in [1.29, 1.82) is 0 Å². The molecule has 2 aromatic carbocycles. The Bertz CT molecular complexity index is 685. The van der Waals surface area contributed by atoms with Gasteiger partial charge in [-0.25, -0.2) is 0 Å². The van der Waals surface area contributed by atoms with Gasteiger partial charge in [0, 0.05) is 5.69 Å². The highest BCUT2D eigenvalue weighted by molar-refractivity contribution is 6.01. The average Bonchev–Trinajstić information content (AvgIpc) is 2.50. The number of rotatable bonds is 2. The van der Waals surface area contributed by atoms with E-state index in [1.54, 1.807) is 48.5 Å². The fourth-order valence-corrected chi connectivity index (χ4v) is 2.55. The summed E-state index contributed by atoms with van der Waals surface area (Å²) in [5, 5.41) is 3.02. The van der Waals surface area contributed by atoms with Crippen LogP contribution >= 0.6 is 0 Å². The third-order valence-corrected chi connectivity index (χ3v) is 3.49. The van der Waals surface area contributed by atoms with Gasteiger partial charge < -0.3 is 10.2 Å². The largest absolute Gasteiger partial charge is 0.406 e. The number of amides is 1. The molecule has 1 atom stereocenters. The Morgan fingerprint density at radius 3 is 2.32 bits per heavy atom. The lowest BCUT2D eigenvalue weighted by molar-refractivity contribution is -0.144. The molecule has 0 spiro atoms. The van der Waals surface area contributed by atoms with E-state index < -0.39 is 24.8 Å². The van der Waals surface area contributed by atoms with Crippen molar-refractivity contribution in [3.8, 4) is 0 Å². The zero-order valence-electron chi connectivity index (χ0n) is 11.5. The van der Waals surface area contributed by atoms with Crippen molar-refractivity contribution < 1.29 is 18.0 Å². The van der Waals surface area contributed by atoms with Crippen molar-refractivity contribution in [3.63, 3.8) is 0 Å². The Kier molecular flexibility index (Phi) is 3.52. The molecule has 1 unspecified atom stereocenters. The fourth-order valence-electron chi connectivity index (χ4n) is 2.55. The van der Waals surface area contributed by atoms with Crippen molar-refractivity contribution in [2.75, 3.05) is 11.9 Å². The van der Waals surface area contributed by atoms with Gasteiger partial charge in [0.2, 0.25) is 0 Å². The van der Waals surface area contributed by atoms with Crippen molar-refractivity contribution in [2.45, 2.75) is 12.3 Å². The standard InChI is InChI=1S/C16H13F3N2O/c17-16(18,19)10-21-14(11-6-2-1-3-7-11)20-13-9-5-4-8-12(13)15(21)22/h1-9,14,20H,10H2. The monoisotopic (exact) mass is 306 g/mol. The number of nitrogens with zero attached hydrogens (tertiary/aromatic N) is 1. The van der Waals surface area contributed by atoms with Crippen molar-refractivity contribution >= 4 is 11.6 Å². The van der Waals surface area contributed by atoms with E-state index >= 15 is 0 Å². The smallest absolute Gasteiger partial charge is 0.361 e. The summed E-state index contributed by atoms with van der Waals surface area (Å²) in [7, 11) is 0. The van der Waals surface area contributed by atoms with Crippen LogP contribution in [0.25, 0.3) is 0 Å². The van der Waals surface area contributed by atoms with Gasteiger partial charge in [0.1, 0.15) is 12.7 Å². The summed E-state index contributed by atoms with van der Waals surface area (Å²) in [6, 6.07) is 15.2. The number of carbonyl (C=O) groups excluding carboxylic acids is 1. The van der Waals surface area contributed by atoms with Crippen LogP contribution in [0, 0.1) is 0 Å². The number of anilines is 1. The highest BCUT2D eigenvalue weighted by Crippen LogP contribution is 2.34. The highest BCUT2D eigenvalue weighted by Gasteiger charge is 2.40. The molecule has 114 valence electrons. The Morgan fingerprint density at radius 2 is 1.64 bits per heavy atom. The first-order valence-corrected chi connectivity index (χ1v) is 6.74. The van der Waals surface area contributed by atoms with E-state index in [4.69, 9.17) is 0 Å². The van der Waals surface area contributed by atoms with Gasteiger partial charge in [-0.15, -0.1) is 0 Å². The minimum atomic E-state index is -4.46. The van der Waals surface area contributed by atoms with Crippen LogP contribution in [0.15, 0.2) is 54.6 Å². The maximum atomic E-state index is 12.9. The van der Waals surface area contributed by atoms with Crippen molar-refractivity contribution in [3.05, 3.63) is 65.7 Å². The Balaban J connectivity index is 2.04. The second kappa shape index (κ2) is 5.36. The van der Waals surface area contributed by atoms with Crippen LogP contribution in [-0.4, -0.2) is 23.5 Å². The summed E-state index contributed by atoms with van der Waals surface area (Å²) in [5.41, 5.74) is 1.40. The first kappa shape index (κ1) is 14.4. The molecule has 3 nitrogen and oxygen atoms in total. The highest BCUT2D eigenvalue weighted by atomic mass is 19.4. The number of fused-ring (bicyclic) bond motifs is 1. The molecular weight excluding hydrogens is 293 g/mol. The quantitative estimate of drug-likeness (QED) is 0.915. The Hall–Kier alpha value is -2.50. The molecule has 0 bridgehead atoms. The van der Waals surface area contributed by atoms with E-state index in [0.717, 1.165) is 4.90 Å². The van der Waals surface area contributed by atoms with Crippen molar-refractivity contribution in [1.82, 2.24) is 4.90 Å². The SMILES string of the molecule is O=C1c2ccccc2NC(c2ccccc2)N1CC(F)(F)F. The summed E-state index contributed by atoms with van der Waals surface area (Å²) in [6.45, 7) is -1.30. The number of hydrogen-bond donors (Lipinski definition) is 1. The molecule has 3 rings (SSSR count). The van der Waals surface area contributed by atoms with Crippen LogP contribution in [0.4, 0.5) is 18.9 Å². The molecule has 1 amide bonds. The molecule has 1 aliphatic heterocycles. The summed E-state index contributed by atoms with van der Waals surface area (Å²) in [6.07, 6.45) is -5.30. The van der Waals surface area contributed by atoms with Gasteiger partial charge in [-0.1, -0.05) is 42.5 Å².